The molecule has 3 aromatic rings. The van der Waals surface area contributed by atoms with E-state index in [9.17, 15) is 5.11 Å². The summed E-state index contributed by atoms with van der Waals surface area (Å²) in [5, 5.41) is 20.2. The van der Waals surface area contributed by atoms with Crippen molar-refractivity contribution in [2.75, 3.05) is 12.0 Å². The van der Waals surface area contributed by atoms with Gasteiger partial charge >= 0.3 is 0 Å². The summed E-state index contributed by atoms with van der Waals surface area (Å²) in [6.07, 6.45) is 1.97. The van der Waals surface area contributed by atoms with E-state index in [4.69, 9.17) is 5.73 Å². The highest BCUT2D eigenvalue weighted by Crippen LogP contribution is 2.36. The van der Waals surface area contributed by atoms with E-state index in [2.05, 4.69) is 10.2 Å². The summed E-state index contributed by atoms with van der Waals surface area (Å²) in [4.78, 5) is 1.00. The molecule has 3 rings (SSSR count). The van der Waals surface area contributed by atoms with Crippen molar-refractivity contribution in [1.29, 1.82) is 0 Å². The second-order valence-corrected chi connectivity index (χ2v) is 5.75. The Morgan fingerprint density at radius 3 is 2.57 bits per heavy atom. The molecule has 1 heterocycles. The van der Waals surface area contributed by atoms with Crippen LogP contribution in [-0.2, 0) is 0 Å². The lowest BCUT2D eigenvalue weighted by Crippen LogP contribution is -1.98. The first-order valence-corrected chi connectivity index (χ1v) is 7.72. The van der Waals surface area contributed by atoms with Gasteiger partial charge in [-0.2, -0.15) is 0 Å². The number of benzene rings is 2. The molecule has 0 spiro atoms. The Kier molecular flexibility index (Phi) is 3.43. The van der Waals surface area contributed by atoms with E-state index in [1.807, 2.05) is 43.5 Å². The summed E-state index contributed by atoms with van der Waals surface area (Å²) in [6, 6.07) is 11.5. The van der Waals surface area contributed by atoms with Crippen molar-refractivity contribution in [2.24, 2.45) is 0 Å². The summed E-state index contributed by atoms with van der Waals surface area (Å²) in [7, 11) is 0. The number of aromatic hydroxyl groups is 1. The van der Waals surface area contributed by atoms with Gasteiger partial charge in [0.05, 0.1) is 0 Å². The first-order chi connectivity index (χ1) is 10.1. The van der Waals surface area contributed by atoms with E-state index in [-0.39, 0.29) is 5.75 Å². The predicted octanol–water partition coefficient (Wildman–Crippen LogP) is 3.61. The maximum atomic E-state index is 10.3. The average molecular weight is 297 g/mol. The lowest BCUT2D eigenvalue weighted by molar-refractivity contribution is 0.475. The zero-order valence-electron chi connectivity index (χ0n) is 11.8. The van der Waals surface area contributed by atoms with Gasteiger partial charge in [-0.25, -0.2) is 0 Å². The summed E-state index contributed by atoms with van der Waals surface area (Å²) >= 11 is 1.58. The molecule has 0 aliphatic rings. The molecule has 0 aliphatic heterocycles. The molecule has 1 aromatic heterocycles. The fourth-order valence-corrected chi connectivity index (χ4v) is 2.76. The van der Waals surface area contributed by atoms with Gasteiger partial charge < -0.3 is 10.8 Å². The van der Waals surface area contributed by atoms with Gasteiger partial charge in [0.15, 0.2) is 5.82 Å². The highest BCUT2D eigenvalue weighted by molar-refractivity contribution is 7.98. The third-order valence-electron chi connectivity index (χ3n) is 3.42. The first-order valence-electron chi connectivity index (χ1n) is 6.50. The van der Waals surface area contributed by atoms with E-state index in [1.54, 1.807) is 17.8 Å². The van der Waals surface area contributed by atoms with Crippen molar-refractivity contribution >= 4 is 28.4 Å². The van der Waals surface area contributed by atoms with Gasteiger partial charge in [0.1, 0.15) is 11.4 Å². The first kappa shape index (κ1) is 13.7. The Morgan fingerprint density at radius 1 is 1.05 bits per heavy atom. The van der Waals surface area contributed by atoms with Crippen LogP contribution in [0.5, 0.6) is 5.75 Å². The molecule has 0 fully saturated rings. The van der Waals surface area contributed by atoms with Crippen molar-refractivity contribution in [2.45, 2.75) is 11.8 Å². The van der Waals surface area contributed by atoms with Crippen molar-refractivity contribution in [1.82, 2.24) is 10.2 Å². The Bertz CT molecular complexity index is 833. The fraction of sp³-hybridized carbons (Fsp3) is 0.125. The SMILES string of the molecule is CSc1ccc(-c2nnc(N)c3ccc(C)cc23)c(O)c1. The number of hydrogen-bond acceptors (Lipinski definition) is 5. The number of rotatable bonds is 2. The molecule has 0 unspecified atom stereocenters. The summed E-state index contributed by atoms with van der Waals surface area (Å²) < 4.78 is 0. The van der Waals surface area contributed by atoms with Gasteiger partial charge in [-0.15, -0.1) is 22.0 Å². The van der Waals surface area contributed by atoms with Gasteiger partial charge in [0.2, 0.25) is 0 Å². The molecule has 0 aliphatic carbocycles. The van der Waals surface area contributed by atoms with Crippen LogP contribution in [0.1, 0.15) is 5.56 Å². The Morgan fingerprint density at radius 2 is 1.86 bits per heavy atom. The smallest absolute Gasteiger partial charge is 0.154 e. The number of nitrogens with two attached hydrogens (primary N) is 1. The molecule has 0 bridgehead atoms. The Hall–Kier alpha value is -2.27. The minimum Gasteiger partial charge on any atom is -0.507 e. The van der Waals surface area contributed by atoms with Crippen LogP contribution in [0, 0.1) is 6.92 Å². The Balaban J connectivity index is 2.30. The van der Waals surface area contributed by atoms with E-state index in [0.717, 1.165) is 21.2 Å². The quantitative estimate of drug-likeness (QED) is 0.707. The van der Waals surface area contributed by atoms with E-state index < -0.39 is 0 Å². The number of phenolic OH excluding ortho intramolecular Hbond substituents is 1. The number of aromatic nitrogens is 2. The number of nitrogens with zero attached hydrogens (tertiary/aromatic N) is 2. The van der Waals surface area contributed by atoms with E-state index in [1.165, 1.54) is 0 Å². The van der Waals surface area contributed by atoms with Gasteiger partial charge in [-0.1, -0.05) is 17.7 Å². The highest BCUT2D eigenvalue weighted by Gasteiger charge is 2.13. The molecule has 0 saturated carbocycles. The van der Waals surface area contributed by atoms with E-state index >= 15 is 0 Å². The number of phenols is 1. The molecule has 4 nitrogen and oxygen atoms in total. The monoisotopic (exact) mass is 297 g/mol. The van der Waals surface area contributed by atoms with Crippen LogP contribution in [0.3, 0.4) is 0 Å². The van der Waals surface area contributed by atoms with Gasteiger partial charge in [-0.05, 0) is 37.4 Å². The maximum absolute atomic E-state index is 10.3. The fourth-order valence-electron chi connectivity index (χ4n) is 2.33. The van der Waals surface area contributed by atoms with Gasteiger partial charge in [0, 0.05) is 21.2 Å². The third kappa shape index (κ3) is 2.40. The predicted molar refractivity (Wildman–Crippen MR) is 87.6 cm³/mol. The number of hydrogen-bond donors (Lipinski definition) is 2. The number of fused-ring (bicyclic) bond motifs is 1. The molecule has 21 heavy (non-hydrogen) atoms. The largest absolute Gasteiger partial charge is 0.507 e. The maximum Gasteiger partial charge on any atom is 0.154 e. The summed E-state index contributed by atoms with van der Waals surface area (Å²) in [5.41, 5.74) is 8.31. The lowest BCUT2D eigenvalue weighted by atomic mass is 10.0. The minimum absolute atomic E-state index is 0.198. The van der Waals surface area contributed by atoms with Crippen molar-refractivity contribution in [3.8, 4) is 17.0 Å². The van der Waals surface area contributed by atoms with E-state index in [0.29, 0.717) is 17.1 Å². The summed E-state index contributed by atoms with van der Waals surface area (Å²) in [5.74, 6) is 0.595. The zero-order valence-corrected chi connectivity index (χ0v) is 12.6. The number of anilines is 1. The van der Waals surface area contributed by atoms with Gasteiger partial charge in [0.25, 0.3) is 0 Å². The topological polar surface area (TPSA) is 72.0 Å². The van der Waals surface area contributed by atoms with Crippen LogP contribution < -0.4 is 5.73 Å². The number of aryl methyl sites for hydroxylation is 1. The van der Waals surface area contributed by atoms with Crippen molar-refractivity contribution in [3.63, 3.8) is 0 Å². The highest BCUT2D eigenvalue weighted by atomic mass is 32.2. The number of thioether (sulfide) groups is 1. The molecule has 2 aromatic carbocycles. The molecule has 106 valence electrons. The van der Waals surface area contributed by atoms with Crippen LogP contribution >= 0.6 is 11.8 Å². The van der Waals surface area contributed by atoms with Crippen LogP contribution in [0.15, 0.2) is 41.3 Å². The molecule has 0 amide bonds. The standard InChI is InChI=1S/C16H15N3OS/c1-9-3-5-11-13(7-9)15(18-19-16(11)17)12-6-4-10(21-2)8-14(12)20/h3-8,20H,1-2H3,(H2,17,19). The molecule has 0 radical (unpaired) electrons. The molecule has 0 saturated heterocycles. The van der Waals surface area contributed by atoms with Crippen molar-refractivity contribution < 1.29 is 5.11 Å². The molecule has 3 N–H and O–H groups in total. The lowest BCUT2D eigenvalue weighted by Gasteiger charge is -2.10. The summed E-state index contributed by atoms with van der Waals surface area (Å²) in [6.45, 7) is 2.01. The third-order valence-corrected chi connectivity index (χ3v) is 4.15. The van der Waals surface area contributed by atoms with Crippen LogP contribution in [-0.4, -0.2) is 21.6 Å². The minimum atomic E-state index is 0.198. The number of nitrogen functional groups attached to an aromatic ring is 1. The Labute approximate surface area is 127 Å². The average Bonchev–Trinajstić information content (AvgIpc) is 2.48. The van der Waals surface area contributed by atoms with Gasteiger partial charge in [-0.3, -0.25) is 0 Å². The molecular formula is C16H15N3OS. The normalized spacial score (nSPS) is 11.0. The second-order valence-electron chi connectivity index (χ2n) is 4.87. The zero-order chi connectivity index (χ0) is 15.0. The van der Waals surface area contributed by atoms with Crippen LogP contribution in [0.2, 0.25) is 0 Å². The van der Waals surface area contributed by atoms with Crippen LogP contribution in [0.25, 0.3) is 22.0 Å². The molecule has 0 atom stereocenters. The van der Waals surface area contributed by atoms with Crippen molar-refractivity contribution in [3.05, 3.63) is 42.0 Å². The van der Waals surface area contributed by atoms with Crippen LogP contribution in [0.4, 0.5) is 5.82 Å². The second kappa shape index (κ2) is 5.26. The molecule has 5 heteroatoms. The molecular weight excluding hydrogens is 282 g/mol.